The third-order valence-electron chi connectivity index (χ3n) is 3.52. The highest BCUT2D eigenvalue weighted by atomic mass is 15.0. The van der Waals surface area contributed by atoms with Crippen LogP contribution in [0.25, 0.3) is 0 Å². The van der Waals surface area contributed by atoms with Gasteiger partial charge < -0.3 is 5.32 Å². The van der Waals surface area contributed by atoms with Gasteiger partial charge in [-0.3, -0.25) is 0 Å². The third kappa shape index (κ3) is 2.76. The molecule has 0 radical (unpaired) electrons. The van der Waals surface area contributed by atoms with Gasteiger partial charge in [0.05, 0.1) is 5.56 Å². The molecule has 17 heavy (non-hydrogen) atoms. The Balaban J connectivity index is 2.04. The zero-order valence-corrected chi connectivity index (χ0v) is 10.6. The normalized spacial score (nSPS) is 16.3. The van der Waals surface area contributed by atoms with Crippen molar-refractivity contribution in [1.82, 2.24) is 4.98 Å². The molecule has 90 valence electrons. The van der Waals surface area contributed by atoms with Crippen molar-refractivity contribution in [2.45, 2.75) is 39.5 Å². The molecular formula is C14H19N3. The number of hydrogen-bond acceptors (Lipinski definition) is 3. The van der Waals surface area contributed by atoms with Gasteiger partial charge >= 0.3 is 0 Å². The van der Waals surface area contributed by atoms with E-state index < -0.39 is 0 Å². The molecular weight excluding hydrogens is 210 g/mol. The van der Waals surface area contributed by atoms with E-state index in [0.717, 1.165) is 18.1 Å². The van der Waals surface area contributed by atoms with E-state index >= 15 is 0 Å². The minimum absolute atomic E-state index is 0.479. The summed E-state index contributed by atoms with van der Waals surface area (Å²) >= 11 is 0. The minimum atomic E-state index is 0.479. The van der Waals surface area contributed by atoms with Crippen LogP contribution >= 0.6 is 0 Å². The van der Waals surface area contributed by atoms with Crippen LogP contribution in [-0.2, 0) is 0 Å². The lowest BCUT2D eigenvalue weighted by molar-refractivity contribution is 0.485. The number of pyridine rings is 1. The monoisotopic (exact) mass is 229 g/mol. The maximum atomic E-state index is 9.03. The Morgan fingerprint density at radius 2 is 2.24 bits per heavy atom. The van der Waals surface area contributed by atoms with Gasteiger partial charge in [-0.15, -0.1) is 0 Å². The average Bonchev–Trinajstić information content (AvgIpc) is 3.08. The summed E-state index contributed by atoms with van der Waals surface area (Å²) in [6.07, 6.45) is 5.12. The van der Waals surface area contributed by atoms with Crippen molar-refractivity contribution in [2.75, 3.05) is 11.9 Å². The summed E-state index contributed by atoms with van der Waals surface area (Å²) in [6, 6.07) is 5.90. The van der Waals surface area contributed by atoms with Crippen LogP contribution in [0.15, 0.2) is 12.1 Å². The third-order valence-corrected chi connectivity index (χ3v) is 3.52. The predicted molar refractivity (Wildman–Crippen MR) is 68.8 cm³/mol. The topological polar surface area (TPSA) is 48.7 Å². The van der Waals surface area contributed by atoms with Crippen molar-refractivity contribution >= 4 is 5.82 Å². The summed E-state index contributed by atoms with van der Waals surface area (Å²) in [5.41, 5.74) is 2.07. The Bertz CT molecular complexity index is 441. The smallest absolute Gasteiger partial charge is 0.144 e. The van der Waals surface area contributed by atoms with E-state index in [0.29, 0.717) is 11.0 Å². The SMILES string of the molecule is CCCC1(CNc2nc(C)ccc2C#N)CC1. The first-order valence-electron chi connectivity index (χ1n) is 6.31. The molecule has 0 aromatic carbocycles. The van der Waals surface area contributed by atoms with Gasteiger partial charge in [-0.25, -0.2) is 4.98 Å². The highest BCUT2D eigenvalue weighted by Gasteiger charge is 2.41. The standard InChI is InChI=1S/C14H19N3/c1-3-6-14(7-8-14)10-16-13-12(9-15)5-4-11(2)17-13/h4-5H,3,6-8,10H2,1-2H3,(H,16,17). The van der Waals surface area contributed by atoms with Crippen LogP contribution in [0.5, 0.6) is 0 Å². The van der Waals surface area contributed by atoms with Crippen molar-refractivity contribution in [2.24, 2.45) is 5.41 Å². The Hall–Kier alpha value is -1.56. The van der Waals surface area contributed by atoms with Crippen molar-refractivity contribution < 1.29 is 0 Å². The van der Waals surface area contributed by atoms with Crippen molar-refractivity contribution in [3.8, 4) is 6.07 Å². The maximum absolute atomic E-state index is 9.03. The molecule has 0 saturated heterocycles. The molecule has 1 aliphatic carbocycles. The molecule has 1 aromatic rings. The summed E-state index contributed by atoms with van der Waals surface area (Å²) in [5.74, 6) is 0.745. The Labute approximate surface area is 103 Å². The lowest BCUT2D eigenvalue weighted by atomic mass is 10.0. The zero-order chi connectivity index (χ0) is 12.3. The number of hydrogen-bond donors (Lipinski definition) is 1. The van der Waals surface area contributed by atoms with Crippen LogP contribution in [0.4, 0.5) is 5.82 Å². The molecule has 1 aromatic heterocycles. The maximum Gasteiger partial charge on any atom is 0.144 e. The number of rotatable bonds is 5. The number of nitrogens with zero attached hydrogens (tertiary/aromatic N) is 2. The Morgan fingerprint density at radius 1 is 1.47 bits per heavy atom. The predicted octanol–water partition coefficient (Wildman–Crippen LogP) is 3.25. The molecule has 1 heterocycles. The van der Waals surface area contributed by atoms with E-state index in [9.17, 15) is 0 Å². The molecule has 3 nitrogen and oxygen atoms in total. The number of nitriles is 1. The molecule has 1 N–H and O–H groups in total. The van der Waals surface area contributed by atoms with Crippen LogP contribution in [0.2, 0.25) is 0 Å². The van der Waals surface area contributed by atoms with E-state index in [1.165, 1.54) is 25.7 Å². The van der Waals surface area contributed by atoms with Gasteiger partial charge in [0.1, 0.15) is 11.9 Å². The van der Waals surface area contributed by atoms with E-state index in [-0.39, 0.29) is 0 Å². The van der Waals surface area contributed by atoms with E-state index in [2.05, 4.69) is 23.3 Å². The van der Waals surface area contributed by atoms with Gasteiger partial charge in [-0.2, -0.15) is 5.26 Å². The molecule has 1 saturated carbocycles. The fourth-order valence-corrected chi connectivity index (χ4v) is 2.28. The molecule has 0 aliphatic heterocycles. The Morgan fingerprint density at radius 3 is 2.82 bits per heavy atom. The molecule has 0 amide bonds. The van der Waals surface area contributed by atoms with Gasteiger partial charge in [0.2, 0.25) is 0 Å². The van der Waals surface area contributed by atoms with Crippen molar-refractivity contribution in [1.29, 1.82) is 5.26 Å². The number of nitrogens with one attached hydrogen (secondary N) is 1. The summed E-state index contributed by atoms with van der Waals surface area (Å²) < 4.78 is 0. The van der Waals surface area contributed by atoms with Crippen molar-refractivity contribution in [3.63, 3.8) is 0 Å². The Kier molecular flexibility index (Phi) is 3.33. The van der Waals surface area contributed by atoms with Crippen LogP contribution in [0.3, 0.4) is 0 Å². The molecule has 2 rings (SSSR count). The summed E-state index contributed by atoms with van der Waals surface area (Å²) in [4.78, 5) is 4.40. The summed E-state index contributed by atoms with van der Waals surface area (Å²) in [7, 11) is 0. The van der Waals surface area contributed by atoms with Crippen molar-refractivity contribution in [3.05, 3.63) is 23.4 Å². The van der Waals surface area contributed by atoms with Crippen LogP contribution in [0.1, 0.15) is 43.9 Å². The average molecular weight is 229 g/mol. The molecule has 1 aliphatic rings. The molecule has 0 unspecified atom stereocenters. The second-order valence-corrected chi connectivity index (χ2v) is 5.06. The van der Waals surface area contributed by atoms with E-state index in [1.54, 1.807) is 0 Å². The van der Waals surface area contributed by atoms with E-state index in [1.807, 2.05) is 19.1 Å². The highest BCUT2D eigenvalue weighted by Crippen LogP contribution is 2.49. The first-order chi connectivity index (χ1) is 8.19. The second kappa shape index (κ2) is 4.75. The second-order valence-electron chi connectivity index (χ2n) is 5.06. The lowest BCUT2D eigenvalue weighted by Crippen LogP contribution is -2.16. The fourth-order valence-electron chi connectivity index (χ4n) is 2.28. The van der Waals surface area contributed by atoms with Crippen LogP contribution in [0, 0.1) is 23.7 Å². The lowest BCUT2D eigenvalue weighted by Gasteiger charge is -2.16. The van der Waals surface area contributed by atoms with Crippen LogP contribution in [-0.4, -0.2) is 11.5 Å². The highest BCUT2D eigenvalue weighted by molar-refractivity contribution is 5.52. The molecule has 1 fully saturated rings. The summed E-state index contributed by atoms with van der Waals surface area (Å²) in [5, 5.41) is 12.4. The van der Waals surface area contributed by atoms with Gasteiger partial charge in [0.15, 0.2) is 0 Å². The number of aryl methyl sites for hydroxylation is 1. The first kappa shape index (κ1) is 11.9. The minimum Gasteiger partial charge on any atom is -0.368 e. The van der Waals surface area contributed by atoms with Crippen LogP contribution < -0.4 is 5.32 Å². The molecule has 3 heteroatoms. The molecule has 0 atom stereocenters. The summed E-state index contributed by atoms with van der Waals surface area (Å²) in [6.45, 7) is 5.13. The number of aromatic nitrogens is 1. The van der Waals surface area contributed by atoms with E-state index in [4.69, 9.17) is 5.26 Å². The quantitative estimate of drug-likeness (QED) is 0.843. The fraction of sp³-hybridized carbons (Fsp3) is 0.571. The van der Waals surface area contributed by atoms with Gasteiger partial charge in [0.25, 0.3) is 0 Å². The van der Waals surface area contributed by atoms with Gasteiger partial charge in [0, 0.05) is 12.2 Å². The first-order valence-corrected chi connectivity index (χ1v) is 6.31. The molecule has 0 spiro atoms. The number of anilines is 1. The molecule has 0 bridgehead atoms. The largest absolute Gasteiger partial charge is 0.368 e. The zero-order valence-electron chi connectivity index (χ0n) is 10.6. The van der Waals surface area contributed by atoms with Gasteiger partial charge in [-0.1, -0.05) is 13.3 Å². The van der Waals surface area contributed by atoms with Gasteiger partial charge in [-0.05, 0) is 43.7 Å².